The number of carbonyl (C=O) groups is 1. The third-order valence-corrected chi connectivity index (χ3v) is 4.39. The highest BCUT2D eigenvalue weighted by Crippen LogP contribution is 2.42. The standard InChI is InChI=1S/C17H12Cl2O4/c18-10-1-2-15-12(4-10)14(20)6-16(23-15)13-5-11(19)3-9-7-21-8-22-17(9)13/h1-5,16H,6-8H2/t16-/m1/s1. The first-order chi connectivity index (χ1) is 11.1. The van der Waals surface area contributed by atoms with Gasteiger partial charge in [0.15, 0.2) is 12.6 Å². The highest BCUT2D eigenvalue weighted by Gasteiger charge is 2.31. The molecule has 0 amide bonds. The molecule has 0 N–H and O–H groups in total. The molecule has 118 valence electrons. The van der Waals surface area contributed by atoms with E-state index in [4.69, 9.17) is 37.4 Å². The minimum absolute atomic E-state index is 0.0143. The van der Waals surface area contributed by atoms with Gasteiger partial charge in [-0.25, -0.2) is 0 Å². The van der Waals surface area contributed by atoms with Crippen LogP contribution in [-0.2, 0) is 11.3 Å². The summed E-state index contributed by atoms with van der Waals surface area (Å²) in [6.45, 7) is 0.601. The average molecular weight is 351 g/mol. The minimum Gasteiger partial charge on any atom is -0.484 e. The van der Waals surface area contributed by atoms with Crippen LogP contribution >= 0.6 is 23.2 Å². The Balaban J connectivity index is 1.76. The summed E-state index contributed by atoms with van der Waals surface area (Å²) in [6, 6.07) is 8.63. The van der Waals surface area contributed by atoms with Gasteiger partial charge in [0, 0.05) is 21.2 Å². The summed E-state index contributed by atoms with van der Waals surface area (Å²) < 4.78 is 16.9. The topological polar surface area (TPSA) is 44.8 Å². The molecule has 0 radical (unpaired) electrons. The lowest BCUT2D eigenvalue weighted by atomic mass is 9.94. The predicted molar refractivity (Wildman–Crippen MR) is 85.5 cm³/mol. The zero-order valence-corrected chi connectivity index (χ0v) is 13.5. The van der Waals surface area contributed by atoms with Gasteiger partial charge in [-0.15, -0.1) is 0 Å². The number of hydrogen-bond donors (Lipinski definition) is 0. The van der Waals surface area contributed by atoms with Crippen LogP contribution in [0.5, 0.6) is 11.5 Å². The van der Waals surface area contributed by atoms with Crippen molar-refractivity contribution in [2.45, 2.75) is 19.1 Å². The lowest BCUT2D eigenvalue weighted by molar-refractivity contribution is -0.0183. The summed E-state index contributed by atoms with van der Waals surface area (Å²) in [5, 5.41) is 1.07. The fourth-order valence-electron chi connectivity index (χ4n) is 2.92. The zero-order valence-electron chi connectivity index (χ0n) is 12.0. The largest absolute Gasteiger partial charge is 0.484 e. The van der Waals surface area contributed by atoms with Gasteiger partial charge in [-0.1, -0.05) is 23.2 Å². The second kappa shape index (κ2) is 5.71. The highest BCUT2D eigenvalue weighted by molar-refractivity contribution is 6.31. The van der Waals surface area contributed by atoms with E-state index in [0.29, 0.717) is 33.7 Å². The van der Waals surface area contributed by atoms with Crippen LogP contribution in [0.1, 0.15) is 34.0 Å². The van der Waals surface area contributed by atoms with E-state index in [1.807, 2.05) is 0 Å². The van der Waals surface area contributed by atoms with E-state index in [1.54, 1.807) is 30.3 Å². The molecule has 0 saturated carbocycles. The second-order valence-corrected chi connectivity index (χ2v) is 6.34. The number of ketones is 1. The van der Waals surface area contributed by atoms with Crippen molar-refractivity contribution in [1.82, 2.24) is 0 Å². The summed E-state index contributed by atoms with van der Waals surface area (Å²) >= 11 is 12.1. The third kappa shape index (κ3) is 2.67. The average Bonchev–Trinajstić information content (AvgIpc) is 2.54. The van der Waals surface area contributed by atoms with Gasteiger partial charge in [0.05, 0.1) is 18.6 Å². The van der Waals surface area contributed by atoms with Gasteiger partial charge in [0.2, 0.25) is 0 Å². The van der Waals surface area contributed by atoms with Crippen molar-refractivity contribution in [2.24, 2.45) is 0 Å². The Hall–Kier alpha value is -1.75. The number of fused-ring (bicyclic) bond motifs is 2. The smallest absolute Gasteiger partial charge is 0.189 e. The Labute approximate surface area is 142 Å². The highest BCUT2D eigenvalue weighted by atomic mass is 35.5. The van der Waals surface area contributed by atoms with Gasteiger partial charge < -0.3 is 14.2 Å². The molecular weight excluding hydrogens is 339 g/mol. The molecule has 2 aromatic carbocycles. The number of benzene rings is 2. The molecule has 2 heterocycles. The Morgan fingerprint density at radius 1 is 1.09 bits per heavy atom. The predicted octanol–water partition coefficient (Wildman–Crippen LogP) is 4.57. The van der Waals surface area contributed by atoms with Crippen LogP contribution in [0.25, 0.3) is 0 Å². The molecular formula is C17H12Cl2O4. The number of hydrogen-bond acceptors (Lipinski definition) is 4. The van der Waals surface area contributed by atoms with Crippen LogP contribution in [-0.4, -0.2) is 12.6 Å². The Morgan fingerprint density at radius 3 is 2.83 bits per heavy atom. The number of carbonyl (C=O) groups excluding carboxylic acids is 1. The quantitative estimate of drug-likeness (QED) is 0.755. The van der Waals surface area contributed by atoms with Crippen molar-refractivity contribution >= 4 is 29.0 Å². The van der Waals surface area contributed by atoms with Crippen molar-refractivity contribution < 1.29 is 19.0 Å². The van der Waals surface area contributed by atoms with E-state index in [0.717, 1.165) is 11.1 Å². The molecule has 2 aliphatic rings. The maximum Gasteiger partial charge on any atom is 0.189 e. The van der Waals surface area contributed by atoms with Crippen LogP contribution in [0, 0.1) is 0 Å². The summed E-state index contributed by atoms with van der Waals surface area (Å²) in [5.41, 5.74) is 2.13. The normalized spacial score (nSPS) is 19.4. The summed E-state index contributed by atoms with van der Waals surface area (Å²) in [5.74, 6) is 1.20. The second-order valence-electron chi connectivity index (χ2n) is 5.47. The summed E-state index contributed by atoms with van der Waals surface area (Å²) in [7, 11) is 0. The Bertz CT molecular complexity index is 803. The van der Waals surface area contributed by atoms with Crippen LogP contribution in [0.3, 0.4) is 0 Å². The molecule has 2 aliphatic heterocycles. The SMILES string of the molecule is O=C1C[C@H](c2cc(Cl)cc3c2OCOC3)Oc2ccc(Cl)cc21. The van der Waals surface area contributed by atoms with Gasteiger partial charge in [-0.2, -0.15) is 0 Å². The first kappa shape index (κ1) is 14.8. The van der Waals surface area contributed by atoms with Crippen molar-refractivity contribution in [1.29, 1.82) is 0 Å². The molecule has 0 bridgehead atoms. The lowest BCUT2D eigenvalue weighted by Crippen LogP contribution is -2.22. The Kier molecular flexibility index (Phi) is 3.68. The molecule has 0 aliphatic carbocycles. The maximum absolute atomic E-state index is 12.4. The fourth-order valence-corrected chi connectivity index (χ4v) is 3.34. The maximum atomic E-state index is 12.4. The third-order valence-electron chi connectivity index (χ3n) is 3.93. The van der Waals surface area contributed by atoms with Gasteiger partial charge in [-0.05, 0) is 30.3 Å². The van der Waals surface area contributed by atoms with Crippen molar-refractivity contribution in [3.63, 3.8) is 0 Å². The molecule has 0 saturated heterocycles. The van der Waals surface area contributed by atoms with E-state index in [9.17, 15) is 4.79 Å². The van der Waals surface area contributed by atoms with Crippen molar-refractivity contribution in [2.75, 3.05) is 6.79 Å². The van der Waals surface area contributed by atoms with Gasteiger partial charge in [0.1, 0.15) is 17.6 Å². The van der Waals surface area contributed by atoms with E-state index in [-0.39, 0.29) is 19.0 Å². The molecule has 4 nitrogen and oxygen atoms in total. The molecule has 0 aromatic heterocycles. The molecule has 0 spiro atoms. The zero-order chi connectivity index (χ0) is 16.0. The Morgan fingerprint density at radius 2 is 1.96 bits per heavy atom. The van der Waals surface area contributed by atoms with E-state index in [1.165, 1.54) is 0 Å². The van der Waals surface area contributed by atoms with E-state index < -0.39 is 6.10 Å². The molecule has 4 rings (SSSR count). The van der Waals surface area contributed by atoms with Gasteiger partial charge >= 0.3 is 0 Å². The molecule has 1 atom stereocenters. The monoisotopic (exact) mass is 350 g/mol. The molecule has 23 heavy (non-hydrogen) atoms. The summed E-state index contributed by atoms with van der Waals surface area (Å²) in [4.78, 5) is 12.4. The minimum atomic E-state index is -0.443. The molecule has 0 fully saturated rings. The lowest BCUT2D eigenvalue weighted by Gasteiger charge is -2.29. The first-order valence-electron chi connectivity index (χ1n) is 7.14. The fraction of sp³-hybridized carbons (Fsp3) is 0.235. The number of rotatable bonds is 1. The van der Waals surface area contributed by atoms with E-state index >= 15 is 0 Å². The van der Waals surface area contributed by atoms with Crippen LogP contribution in [0.15, 0.2) is 30.3 Å². The van der Waals surface area contributed by atoms with Crippen LogP contribution in [0.4, 0.5) is 0 Å². The van der Waals surface area contributed by atoms with Crippen molar-refractivity contribution in [3.05, 3.63) is 57.1 Å². The molecule has 2 aromatic rings. The number of Topliss-reactive ketones (excluding diaryl/α,β-unsaturated/α-hetero) is 1. The first-order valence-corrected chi connectivity index (χ1v) is 7.89. The number of halogens is 2. The molecule has 0 unspecified atom stereocenters. The van der Waals surface area contributed by atoms with Gasteiger partial charge in [0.25, 0.3) is 0 Å². The molecule has 6 heteroatoms. The summed E-state index contributed by atoms with van der Waals surface area (Å²) in [6.07, 6.45) is -0.230. The van der Waals surface area contributed by atoms with Crippen LogP contribution in [0.2, 0.25) is 10.0 Å². The van der Waals surface area contributed by atoms with Crippen LogP contribution < -0.4 is 9.47 Å². The van der Waals surface area contributed by atoms with E-state index in [2.05, 4.69) is 0 Å². The van der Waals surface area contributed by atoms with Gasteiger partial charge in [-0.3, -0.25) is 4.79 Å². The number of ether oxygens (including phenoxy) is 3. The van der Waals surface area contributed by atoms with Crippen molar-refractivity contribution in [3.8, 4) is 11.5 Å².